The molecule has 2 N–H and O–H groups in total. The number of imidazole rings is 1. The highest BCUT2D eigenvalue weighted by Crippen LogP contribution is 2.15. The Balaban J connectivity index is 1.49. The third-order valence-electron chi connectivity index (χ3n) is 3.98. The fraction of sp³-hybridized carbons (Fsp3) is 0.111. The standard InChI is InChI=1S/C18H15N5O2/c24-17-9-8-14(21-22-17)12-4-6-13(7-5-12)19-18(25)15-11-23-10-2-1-3-16(23)20-15/h1-7,10-11H,8-9H2,(H,19,25)(H,22,24). The highest BCUT2D eigenvalue weighted by molar-refractivity contribution is 6.05. The van der Waals surface area contributed by atoms with Crippen LogP contribution in [0.4, 0.5) is 5.69 Å². The first-order chi connectivity index (χ1) is 12.2. The molecule has 0 saturated heterocycles. The van der Waals surface area contributed by atoms with Crippen molar-refractivity contribution in [2.45, 2.75) is 12.8 Å². The van der Waals surface area contributed by atoms with E-state index >= 15 is 0 Å². The van der Waals surface area contributed by atoms with Crippen molar-refractivity contribution in [3.05, 3.63) is 66.1 Å². The number of carbonyl (C=O) groups is 2. The number of anilines is 1. The number of hydrogen-bond donors (Lipinski definition) is 2. The van der Waals surface area contributed by atoms with Crippen molar-refractivity contribution in [2.75, 3.05) is 5.32 Å². The lowest BCUT2D eigenvalue weighted by Crippen LogP contribution is -2.25. The van der Waals surface area contributed by atoms with Gasteiger partial charge in [-0.25, -0.2) is 10.4 Å². The summed E-state index contributed by atoms with van der Waals surface area (Å²) < 4.78 is 1.80. The predicted octanol–water partition coefficient (Wildman–Crippen LogP) is 2.20. The molecule has 0 aliphatic carbocycles. The Labute approximate surface area is 143 Å². The van der Waals surface area contributed by atoms with Crippen LogP contribution in [0.15, 0.2) is 60.0 Å². The molecule has 0 radical (unpaired) electrons. The van der Waals surface area contributed by atoms with Crippen LogP contribution in [-0.4, -0.2) is 26.9 Å². The molecule has 124 valence electrons. The number of nitrogens with one attached hydrogen (secondary N) is 2. The minimum absolute atomic E-state index is 0.0694. The maximum absolute atomic E-state index is 12.3. The van der Waals surface area contributed by atoms with Gasteiger partial charge in [0.15, 0.2) is 0 Å². The average Bonchev–Trinajstić information content (AvgIpc) is 3.07. The van der Waals surface area contributed by atoms with Gasteiger partial charge in [0, 0.05) is 30.9 Å². The molecule has 0 saturated carbocycles. The van der Waals surface area contributed by atoms with E-state index in [9.17, 15) is 9.59 Å². The molecule has 0 atom stereocenters. The van der Waals surface area contributed by atoms with Crippen LogP contribution in [0.3, 0.4) is 0 Å². The van der Waals surface area contributed by atoms with E-state index in [1.165, 1.54) is 0 Å². The van der Waals surface area contributed by atoms with Crippen molar-refractivity contribution < 1.29 is 9.59 Å². The molecule has 1 aliphatic heterocycles. The lowest BCUT2D eigenvalue weighted by atomic mass is 10.0. The number of nitrogens with zero attached hydrogens (tertiary/aromatic N) is 3. The number of aromatic nitrogens is 2. The molecule has 7 heteroatoms. The zero-order valence-electron chi connectivity index (χ0n) is 13.3. The highest BCUT2D eigenvalue weighted by atomic mass is 16.2. The molecular formula is C18H15N5O2. The summed E-state index contributed by atoms with van der Waals surface area (Å²) in [7, 11) is 0. The second kappa shape index (κ2) is 6.20. The predicted molar refractivity (Wildman–Crippen MR) is 93.5 cm³/mol. The van der Waals surface area contributed by atoms with E-state index in [0.717, 1.165) is 16.9 Å². The first-order valence-electron chi connectivity index (χ1n) is 7.90. The van der Waals surface area contributed by atoms with Gasteiger partial charge in [0.1, 0.15) is 11.3 Å². The second-order valence-electron chi connectivity index (χ2n) is 5.72. The van der Waals surface area contributed by atoms with Crippen LogP contribution in [0.5, 0.6) is 0 Å². The molecule has 4 rings (SSSR count). The highest BCUT2D eigenvalue weighted by Gasteiger charge is 2.14. The maximum Gasteiger partial charge on any atom is 0.275 e. The van der Waals surface area contributed by atoms with Crippen LogP contribution in [0.2, 0.25) is 0 Å². The first-order valence-corrected chi connectivity index (χ1v) is 7.90. The van der Waals surface area contributed by atoms with E-state index in [1.54, 1.807) is 10.6 Å². The third kappa shape index (κ3) is 3.12. The monoisotopic (exact) mass is 333 g/mol. The number of carbonyl (C=O) groups excluding carboxylic acids is 2. The van der Waals surface area contributed by atoms with Crippen LogP contribution in [0.25, 0.3) is 5.65 Å². The number of hydrazone groups is 1. The number of rotatable bonds is 3. The van der Waals surface area contributed by atoms with Gasteiger partial charge in [0.2, 0.25) is 5.91 Å². The summed E-state index contributed by atoms with van der Waals surface area (Å²) >= 11 is 0. The molecule has 3 aromatic rings. The van der Waals surface area contributed by atoms with Crippen molar-refractivity contribution in [3.8, 4) is 0 Å². The summed E-state index contributed by atoms with van der Waals surface area (Å²) in [6.45, 7) is 0. The lowest BCUT2D eigenvalue weighted by Gasteiger charge is -2.12. The van der Waals surface area contributed by atoms with E-state index < -0.39 is 0 Å². The van der Waals surface area contributed by atoms with Gasteiger partial charge in [-0.1, -0.05) is 18.2 Å². The SMILES string of the molecule is O=C1CCC(c2ccc(NC(=O)c3cn4ccccc4n3)cc2)=NN1. The van der Waals surface area contributed by atoms with Gasteiger partial charge in [0.05, 0.1) is 5.71 Å². The molecule has 25 heavy (non-hydrogen) atoms. The molecule has 2 aromatic heterocycles. The molecule has 3 heterocycles. The van der Waals surface area contributed by atoms with E-state index in [-0.39, 0.29) is 11.8 Å². The minimum Gasteiger partial charge on any atom is -0.321 e. The third-order valence-corrected chi connectivity index (χ3v) is 3.98. The number of fused-ring (bicyclic) bond motifs is 1. The number of hydrogen-bond acceptors (Lipinski definition) is 4. The molecule has 0 spiro atoms. The molecular weight excluding hydrogens is 318 g/mol. The normalized spacial score (nSPS) is 14.1. The summed E-state index contributed by atoms with van der Waals surface area (Å²) in [6, 6.07) is 13.0. The Morgan fingerprint density at radius 2 is 1.96 bits per heavy atom. The Morgan fingerprint density at radius 1 is 1.12 bits per heavy atom. The van der Waals surface area contributed by atoms with Gasteiger partial charge in [-0.15, -0.1) is 0 Å². The smallest absolute Gasteiger partial charge is 0.275 e. The van der Waals surface area contributed by atoms with Gasteiger partial charge in [-0.3, -0.25) is 9.59 Å². The van der Waals surface area contributed by atoms with Crippen LogP contribution in [-0.2, 0) is 4.79 Å². The van der Waals surface area contributed by atoms with Crippen LogP contribution in [0, 0.1) is 0 Å². The van der Waals surface area contributed by atoms with E-state index in [4.69, 9.17) is 0 Å². The Hall–Kier alpha value is -3.48. The molecule has 7 nitrogen and oxygen atoms in total. The number of pyridine rings is 1. The summed E-state index contributed by atoms with van der Waals surface area (Å²) in [5, 5.41) is 6.89. The summed E-state index contributed by atoms with van der Waals surface area (Å²) in [6.07, 6.45) is 4.58. The fourth-order valence-corrected chi connectivity index (χ4v) is 2.67. The van der Waals surface area contributed by atoms with E-state index in [2.05, 4.69) is 20.8 Å². The van der Waals surface area contributed by atoms with Crippen molar-refractivity contribution in [1.82, 2.24) is 14.8 Å². The molecule has 1 aromatic carbocycles. The maximum atomic E-state index is 12.3. The van der Waals surface area contributed by atoms with E-state index in [1.807, 2.05) is 48.7 Å². The average molecular weight is 333 g/mol. The zero-order valence-corrected chi connectivity index (χ0v) is 13.3. The summed E-state index contributed by atoms with van der Waals surface area (Å²) in [5.74, 6) is -0.334. The van der Waals surface area contributed by atoms with Crippen LogP contribution >= 0.6 is 0 Å². The minimum atomic E-state index is -0.265. The number of amides is 2. The largest absolute Gasteiger partial charge is 0.321 e. The number of benzene rings is 1. The molecule has 1 aliphatic rings. The van der Waals surface area contributed by atoms with Crippen molar-refractivity contribution in [3.63, 3.8) is 0 Å². The Bertz CT molecular complexity index is 955. The fourth-order valence-electron chi connectivity index (χ4n) is 2.67. The van der Waals surface area contributed by atoms with Gasteiger partial charge in [-0.2, -0.15) is 5.10 Å². The molecule has 0 unspecified atom stereocenters. The molecule has 0 fully saturated rings. The summed E-state index contributed by atoms with van der Waals surface area (Å²) in [4.78, 5) is 27.8. The van der Waals surface area contributed by atoms with Gasteiger partial charge in [0.25, 0.3) is 5.91 Å². The molecule has 2 amide bonds. The second-order valence-corrected chi connectivity index (χ2v) is 5.72. The van der Waals surface area contributed by atoms with Crippen molar-refractivity contribution in [1.29, 1.82) is 0 Å². The van der Waals surface area contributed by atoms with Crippen molar-refractivity contribution in [2.24, 2.45) is 5.10 Å². The van der Waals surface area contributed by atoms with E-state index in [0.29, 0.717) is 24.2 Å². The van der Waals surface area contributed by atoms with Gasteiger partial charge < -0.3 is 9.72 Å². The lowest BCUT2D eigenvalue weighted by molar-refractivity contribution is -0.121. The summed E-state index contributed by atoms with van der Waals surface area (Å²) in [5.41, 5.74) is 5.98. The zero-order chi connectivity index (χ0) is 17.2. The first kappa shape index (κ1) is 15.1. The quantitative estimate of drug-likeness (QED) is 0.770. The van der Waals surface area contributed by atoms with Crippen LogP contribution < -0.4 is 10.7 Å². The van der Waals surface area contributed by atoms with Crippen LogP contribution in [0.1, 0.15) is 28.9 Å². The van der Waals surface area contributed by atoms with Gasteiger partial charge >= 0.3 is 0 Å². The molecule has 0 bridgehead atoms. The topological polar surface area (TPSA) is 87.9 Å². The Morgan fingerprint density at radius 3 is 2.68 bits per heavy atom. The van der Waals surface area contributed by atoms with Gasteiger partial charge in [-0.05, 0) is 29.8 Å². The Kier molecular flexibility index (Phi) is 3.74. The van der Waals surface area contributed by atoms with Crippen molar-refractivity contribution >= 4 is 28.9 Å².